The molecule has 0 radical (unpaired) electrons. The van der Waals surface area contributed by atoms with Gasteiger partial charge in [-0.15, -0.1) is 0 Å². The largest absolute Gasteiger partial charge is 0.342 e. The summed E-state index contributed by atoms with van der Waals surface area (Å²) in [6, 6.07) is 10.2. The molecule has 0 bridgehead atoms. The van der Waals surface area contributed by atoms with E-state index < -0.39 is 0 Å². The van der Waals surface area contributed by atoms with E-state index in [1.54, 1.807) is 0 Å². The Bertz CT molecular complexity index is 376. The van der Waals surface area contributed by atoms with Crippen molar-refractivity contribution in [2.24, 2.45) is 0 Å². The first-order valence-corrected chi connectivity index (χ1v) is 5.35. The summed E-state index contributed by atoms with van der Waals surface area (Å²) in [5, 5.41) is 0. The van der Waals surface area contributed by atoms with Crippen molar-refractivity contribution in [2.75, 3.05) is 0 Å². The van der Waals surface area contributed by atoms with Crippen molar-refractivity contribution in [3.8, 4) is 11.3 Å². The van der Waals surface area contributed by atoms with Crippen LogP contribution < -0.4 is 0 Å². The highest BCUT2D eigenvalue weighted by molar-refractivity contribution is 5.57. The van der Waals surface area contributed by atoms with Crippen LogP contribution in [0.5, 0.6) is 0 Å². The van der Waals surface area contributed by atoms with Crippen LogP contribution in [0.4, 0.5) is 0 Å². The lowest BCUT2D eigenvalue weighted by Crippen LogP contribution is -1.76. The summed E-state index contributed by atoms with van der Waals surface area (Å²) in [5.41, 5.74) is 2.26. The minimum absolute atomic E-state index is 0.953. The van der Waals surface area contributed by atoms with E-state index >= 15 is 0 Å². The number of H-pyrrole nitrogens is 1. The lowest BCUT2D eigenvalue weighted by atomic mass is 10.2. The van der Waals surface area contributed by atoms with Gasteiger partial charge in [0.05, 0.1) is 11.9 Å². The Balaban J connectivity index is 0.000000337. The van der Waals surface area contributed by atoms with Crippen molar-refractivity contribution < 1.29 is 0 Å². The Kier molecular flexibility index (Phi) is 4.61. The van der Waals surface area contributed by atoms with E-state index in [0.29, 0.717) is 0 Å². The van der Waals surface area contributed by atoms with Crippen molar-refractivity contribution in [1.82, 2.24) is 9.97 Å². The fourth-order valence-electron chi connectivity index (χ4n) is 1.19. The molecule has 0 amide bonds. The maximum absolute atomic E-state index is 4.14. The molecule has 0 unspecified atom stereocenters. The molecule has 2 nitrogen and oxygen atoms in total. The van der Waals surface area contributed by atoms with E-state index in [1.807, 2.05) is 31.3 Å². The molecule has 1 aromatic heterocycles. The second kappa shape index (κ2) is 6.02. The molecule has 80 valence electrons. The first kappa shape index (κ1) is 11.5. The van der Waals surface area contributed by atoms with Crippen molar-refractivity contribution in [2.45, 2.75) is 27.2 Å². The number of hydrogen-bond donors (Lipinski definition) is 1. The van der Waals surface area contributed by atoms with Gasteiger partial charge in [0.1, 0.15) is 5.82 Å². The molecule has 1 heterocycles. The quantitative estimate of drug-likeness (QED) is 0.748. The second-order valence-corrected chi connectivity index (χ2v) is 3.46. The van der Waals surface area contributed by atoms with Gasteiger partial charge in [0.25, 0.3) is 0 Å². The van der Waals surface area contributed by atoms with Crippen LogP contribution >= 0.6 is 0 Å². The lowest BCUT2D eigenvalue weighted by Gasteiger charge is -1.94. The van der Waals surface area contributed by atoms with Gasteiger partial charge in [-0.2, -0.15) is 0 Å². The summed E-state index contributed by atoms with van der Waals surface area (Å²) in [4.78, 5) is 7.32. The van der Waals surface area contributed by atoms with Gasteiger partial charge < -0.3 is 4.98 Å². The highest BCUT2D eigenvalue weighted by atomic mass is 14.9. The lowest BCUT2D eigenvalue weighted by molar-refractivity contribution is 1.09. The maximum atomic E-state index is 4.14. The number of aromatic nitrogens is 2. The van der Waals surface area contributed by atoms with Gasteiger partial charge in [0.2, 0.25) is 0 Å². The van der Waals surface area contributed by atoms with Crippen LogP contribution in [0.2, 0.25) is 0 Å². The zero-order valence-electron chi connectivity index (χ0n) is 9.62. The Morgan fingerprint density at radius 1 is 1.13 bits per heavy atom. The first-order valence-electron chi connectivity index (χ1n) is 5.35. The van der Waals surface area contributed by atoms with Crippen LogP contribution in [0.1, 0.15) is 26.1 Å². The summed E-state index contributed by atoms with van der Waals surface area (Å²) >= 11 is 0. The van der Waals surface area contributed by atoms with Crippen LogP contribution in [0.25, 0.3) is 11.3 Å². The predicted octanol–water partition coefficient (Wildman–Crippen LogP) is 3.80. The van der Waals surface area contributed by atoms with Crippen LogP contribution in [0.15, 0.2) is 36.5 Å². The molecule has 0 aliphatic carbocycles. The average Bonchev–Trinajstić information content (AvgIpc) is 2.67. The zero-order valence-corrected chi connectivity index (χ0v) is 9.62. The molecule has 0 aliphatic rings. The topological polar surface area (TPSA) is 28.7 Å². The average molecular weight is 202 g/mol. The molecule has 1 aromatic carbocycles. The third-order valence-electron chi connectivity index (χ3n) is 1.79. The van der Waals surface area contributed by atoms with Crippen molar-refractivity contribution in [1.29, 1.82) is 0 Å². The first-order chi connectivity index (χ1) is 7.27. The Hall–Kier alpha value is -1.57. The number of rotatable bonds is 1. The van der Waals surface area contributed by atoms with E-state index in [-0.39, 0.29) is 0 Å². The Labute approximate surface area is 91.4 Å². The number of aromatic amines is 1. The summed E-state index contributed by atoms with van der Waals surface area (Å²) in [6.07, 6.45) is 3.10. The minimum atomic E-state index is 0.953. The highest BCUT2D eigenvalue weighted by Crippen LogP contribution is 2.15. The van der Waals surface area contributed by atoms with Crippen LogP contribution in [-0.2, 0) is 0 Å². The number of imidazole rings is 1. The minimum Gasteiger partial charge on any atom is -0.342 e. The van der Waals surface area contributed by atoms with Gasteiger partial charge in [-0.1, -0.05) is 50.6 Å². The summed E-state index contributed by atoms with van der Waals surface area (Å²) in [6.45, 7) is 6.20. The van der Waals surface area contributed by atoms with E-state index in [0.717, 1.165) is 11.5 Å². The predicted molar refractivity (Wildman–Crippen MR) is 64.7 cm³/mol. The number of hydrogen-bond acceptors (Lipinski definition) is 1. The van der Waals surface area contributed by atoms with E-state index in [9.17, 15) is 0 Å². The third-order valence-corrected chi connectivity index (χ3v) is 1.79. The molecule has 2 rings (SSSR count). The standard InChI is InChI=1S/C10H10N2.C3H8/c1-8-11-7-10(12-8)9-5-3-2-4-6-9;1-3-2/h2-7H,1H3,(H,11,12);3H2,1-2H3. The molecule has 0 fully saturated rings. The smallest absolute Gasteiger partial charge is 0.103 e. The van der Waals surface area contributed by atoms with Gasteiger partial charge in [-0.05, 0) is 12.5 Å². The number of benzene rings is 1. The van der Waals surface area contributed by atoms with Gasteiger partial charge in [0, 0.05) is 0 Å². The van der Waals surface area contributed by atoms with Gasteiger partial charge >= 0.3 is 0 Å². The molecule has 15 heavy (non-hydrogen) atoms. The Morgan fingerprint density at radius 3 is 2.20 bits per heavy atom. The van der Waals surface area contributed by atoms with E-state index in [2.05, 4.69) is 35.9 Å². The maximum Gasteiger partial charge on any atom is 0.103 e. The van der Waals surface area contributed by atoms with Crippen molar-refractivity contribution >= 4 is 0 Å². The molecule has 2 heteroatoms. The summed E-state index contributed by atoms with van der Waals surface area (Å²) in [7, 11) is 0. The van der Waals surface area contributed by atoms with Crippen molar-refractivity contribution in [3.63, 3.8) is 0 Å². The second-order valence-electron chi connectivity index (χ2n) is 3.46. The van der Waals surface area contributed by atoms with Crippen LogP contribution in [-0.4, -0.2) is 9.97 Å². The van der Waals surface area contributed by atoms with Gasteiger partial charge in [-0.25, -0.2) is 4.98 Å². The zero-order chi connectivity index (χ0) is 11.1. The van der Waals surface area contributed by atoms with Gasteiger partial charge in [0.15, 0.2) is 0 Å². The van der Waals surface area contributed by atoms with Gasteiger partial charge in [-0.3, -0.25) is 0 Å². The highest BCUT2D eigenvalue weighted by Gasteiger charge is 1.97. The fraction of sp³-hybridized carbons (Fsp3) is 0.308. The molecule has 1 N–H and O–H groups in total. The molecular weight excluding hydrogens is 184 g/mol. The third kappa shape index (κ3) is 3.58. The normalized spacial score (nSPS) is 9.27. The summed E-state index contributed by atoms with van der Waals surface area (Å²) in [5.74, 6) is 0.953. The number of aryl methyl sites for hydroxylation is 1. The van der Waals surface area contributed by atoms with Crippen LogP contribution in [0, 0.1) is 6.92 Å². The SMILES string of the molecule is CCC.Cc1ncc(-c2ccccc2)[nH]1. The fourth-order valence-corrected chi connectivity index (χ4v) is 1.19. The Morgan fingerprint density at radius 2 is 1.73 bits per heavy atom. The monoisotopic (exact) mass is 202 g/mol. The number of nitrogens with zero attached hydrogens (tertiary/aromatic N) is 1. The molecule has 2 aromatic rings. The van der Waals surface area contributed by atoms with Crippen molar-refractivity contribution in [3.05, 3.63) is 42.4 Å². The number of nitrogens with one attached hydrogen (secondary N) is 1. The molecule has 0 saturated heterocycles. The van der Waals surface area contributed by atoms with Crippen LogP contribution in [0.3, 0.4) is 0 Å². The molecule has 0 atom stereocenters. The molecule has 0 spiro atoms. The molecule has 0 aliphatic heterocycles. The summed E-state index contributed by atoms with van der Waals surface area (Å²) < 4.78 is 0. The van der Waals surface area contributed by atoms with E-state index in [4.69, 9.17) is 0 Å². The van der Waals surface area contributed by atoms with E-state index in [1.165, 1.54) is 12.0 Å². The molecule has 0 saturated carbocycles. The molecular formula is C13H18N2.